The Morgan fingerprint density at radius 2 is 1.32 bits per heavy atom. The first kappa shape index (κ1) is 51.7. The van der Waals surface area contributed by atoms with Crippen molar-refractivity contribution < 1.29 is 74.4 Å². The van der Waals surface area contributed by atoms with Crippen LogP contribution in [0, 0.1) is 0 Å². The van der Waals surface area contributed by atoms with E-state index in [0.29, 0.717) is 11.1 Å². The van der Waals surface area contributed by atoms with Gasteiger partial charge in [-0.15, -0.1) is 0 Å². The number of carbonyl (C=O) groups is 6. The zero-order valence-corrected chi connectivity index (χ0v) is 37.0. The van der Waals surface area contributed by atoms with Crippen LogP contribution in [0.2, 0.25) is 0 Å². The highest BCUT2D eigenvalue weighted by atomic mass is 16.6. The Hall–Kier alpha value is -6.72. The molecule has 2 saturated heterocycles. The van der Waals surface area contributed by atoms with Gasteiger partial charge in [-0.2, -0.15) is 0 Å². The smallest absolute Gasteiger partial charge is 0.246 e. The standard InChI is InChI=1S/C42H58N12O15/c1-17(19-5-3-2-4-6-19)27-37(66)48-21(11-18-7-9-20(57)10-8-18)36(65)52-28(30(59)22-12-46-41(43)50-22)39(68)53-29(38(67)49-23(15-55)35(64)45-14-26(58)51-27)31(60)24-13-47-42(44)54(24)40-34(63)33(62)32(61)25(16-56)69-40/h2-10,17,21-25,27-34,40,55-57,59-63H,11-16H2,1H3,(H2,44,47)(H,45,64)(H,48,66)(H,49,67)(H,51,58)(H,52,65)(H,53,68)(H3,43,46,50)/t17?,21-,22?,23+,24?,25-,27-,28+,29-,30?,31?,32-,33+,34+,40+/m1/s1. The molecule has 0 saturated carbocycles. The minimum absolute atomic E-state index is 0.122. The van der Waals surface area contributed by atoms with Crippen molar-refractivity contribution in [3.8, 4) is 5.75 Å². The van der Waals surface area contributed by atoms with Gasteiger partial charge >= 0.3 is 0 Å². The summed E-state index contributed by atoms with van der Waals surface area (Å²) in [6, 6.07) is 2.05. The molecule has 4 aliphatic heterocycles. The number of nitrogens with two attached hydrogens (primary N) is 2. The SMILES string of the molecule is CC(c1ccccc1)[C@H]1NC(=O)CNC(=O)[C@H](CO)NC(=O)[C@@H](C(O)C2CN=C(N)N2[C@H]2O[C@H](CO)[C@@H](O)[C@H](O)[C@@H]2O)NC(=O)[C@H](C(O)C2CN=C(N)N2)NC(=O)[C@@H](Cc2ccc(O)cc2)NC1=O. The van der Waals surface area contributed by atoms with Gasteiger partial charge in [-0.1, -0.05) is 49.4 Å². The van der Waals surface area contributed by atoms with Gasteiger partial charge in [0.15, 0.2) is 18.1 Å². The van der Waals surface area contributed by atoms with Gasteiger partial charge in [0.1, 0.15) is 72.6 Å². The number of aliphatic hydroxyl groups is 7. The summed E-state index contributed by atoms with van der Waals surface area (Å²) in [4.78, 5) is 94.1. The molecule has 0 aromatic heterocycles. The summed E-state index contributed by atoms with van der Waals surface area (Å²) in [6.07, 6.45) is -13.4. The lowest BCUT2D eigenvalue weighted by atomic mass is 9.92. The normalized spacial score (nSPS) is 32.3. The Morgan fingerprint density at radius 3 is 1.96 bits per heavy atom. The van der Waals surface area contributed by atoms with Gasteiger partial charge in [-0.3, -0.25) is 38.8 Å². The third-order valence-corrected chi connectivity index (χ3v) is 12.3. The summed E-state index contributed by atoms with van der Waals surface area (Å²) in [6.45, 7) is -1.89. The molecule has 6 rings (SSSR count). The van der Waals surface area contributed by atoms with Crippen molar-refractivity contribution in [2.75, 3.05) is 32.8 Å². The molecule has 0 radical (unpaired) electrons. The number of aliphatic hydroxyl groups excluding tert-OH is 7. The van der Waals surface area contributed by atoms with E-state index in [9.17, 15) is 69.6 Å². The van der Waals surface area contributed by atoms with Crippen LogP contribution in [0.4, 0.5) is 0 Å². The highest BCUT2D eigenvalue weighted by molar-refractivity contribution is 5.98. The predicted molar refractivity (Wildman–Crippen MR) is 238 cm³/mol. The highest BCUT2D eigenvalue weighted by Crippen LogP contribution is 2.29. The first-order valence-corrected chi connectivity index (χ1v) is 21.9. The summed E-state index contributed by atoms with van der Waals surface area (Å²) in [7, 11) is 0. The number of guanidine groups is 2. The van der Waals surface area contributed by atoms with E-state index in [2.05, 4.69) is 47.2 Å². The molecular weight excluding hydrogens is 913 g/mol. The van der Waals surface area contributed by atoms with Crippen molar-refractivity contribution in [3.63, 3.8) is 0 Å². The van der Waals surface area contributed by atoms with Crippen LogP contribution in [0.5, 0.6) is 5.75 Å². The monoisotopic (exact) mass is 970 g/mol. The number of nitrogens with one attached hydrogen (secondary N) is 7. The molecule has 2 aromatic rings. The number of benzene rings is 2. The van der Waals surface area contributed by atoms with Crippen LogP contribution >= 0.6 is 0 Å². The Labute approximate surface area is 393 Å². The lowest BCUT2D eigenvalue weighted by molar-refractivity contribution is -0.260. The van der Waals surface area contributed by atoms with Crippen LogP contribution in [-0.4, -0.2) is 211 Å². The number of aromatic hydroxyl groups is 1. The van der Waals surface area contributed by atoms with Crippen molar-refractivity contribution in [1.82, 2.24) is 42.1 Å². The van der Waals surface area contributed by atoms with Crippen LogP contribution < -0.4 is 48.7 Å². The first-order valence-electron chi connectivity index (χ1n) is 21.9. The molecule has 19 N–H and O–H groups in total. The first-order chi connectivity index (χ1) is 32.8. The van der Waals surface area contributed by atoms with Crippen LogP contribution in [-0.2, 0) is 39.9 Å². The van der Waals surface area contributed by atoms with E-state index < -0.39 is 159 Å². The molecule has 6 amide bonds. The average Bonchev–Trinajstić information content (AvgIpc) is 3.96. The fourth-order valence-electron chi connectivity index (χ4n) is 8.34. The molecule has 4 heterocycles. The van der Waals surface area contributed by atoms with Gasteiger partial charge in [-0.25, -0.2) is 0 Å². The number of phenols is 1. The maximum absolute atomic E-state index is 14.7. The molecule has 5 unspecified atom stereocenters. The van der Waals surface area contributed by atoms with Crippen LogP contribution in [0.3, 0.4) is 0 Å². The van der Waals surface area contributed by atoms with Crippen molar-refractivity contribution in [2.45, 2.75) is 104 Å². The van der Waals surface area contributed by atoms with Crippen molar-refractivity contribution in [2.24, 2.45) is 21.5 Å². The number of phenolic OH excluding ortho intramolecular Hbond substituents is 1. The van der Waals surface area contributed by atoms with Crippen molar-refractivity contribution >= 4 is 47.4 Å². The number of hydrogen-bond donors (Lipinski definition) is 17. The predicted octanol–water partition coefficient (Wildman–Crippen LogP) is -8.91. The molecule has 0 bridgehead atoms. The minimum Gasteiger partial charge on any atom is -0.508 e. The molecule has 0 spiro atoms. The van der Waals surface area contributed by atoms with E-state index >= 15 is 0 Å². The molecule has 2 aromatic carbocycles. The van der Waals surface area contributed by atoms with Crippen LogP contribution in [0.25, 0.3) is 0 Å². The number of carbonyl (C=O) groups excluding carboxylic acids is 6. The zero-order chi connectivity index (χ0) is 50.3. The number of rotatable bonds is 11. The van der Waals surface area contributed by atoms with Gasteiger partial charge in [-0.05, 0) is 23.3 Å². The van der Waals surface area contributed by atoms with Gasteiger partial charge in [0, 0.05) is 12.3 Å². The van der Waals surface area contributed by atoms with Crippen LogP contribution in [0.15, 0.2) is 64.6 Å². The summed E-state index contributed by atoms with van der Waals surface area (Å²) in [5.74, 6) is -8.29. The van der Waals surface area contributed by atoms with Crippen molar-refractivity contribution in [1.29, 1.82) is 0 Å². The number of aliphatic imine (C=N–C) groups is 2. The topological polar surface area (TPSA) is 438 Å². The summed E-state index contributed by atoms with van der Waals surface area (Å²) in [5.41, 5.74) is 13.0. The van der Waals surface area contributed by atoms with E-state index in [-0.39, 0.29) is 24.7 Å². The number of amides is 6. The summed E-state index contributed by atoms with van der Waals surface area (Å²) < 4.78 is 5.66. The maximum atomic E-state index is 14.7. The van der Waals surface area contributed by atoms with E-state index in [1.165, 1.54) is 24.3 Å². The Morgan fingerprint density at radius 1 is 0.696 bits per heavy atom. The molecule has 4 aliphatic rings. The lowest BCUT2D eigenvalue weighted by Crippen LogP contribution is -2.70. The van der Waals surface area contributed by atoms with Gasteiger partial charge in [0.25, 0.3) is 0 Å². The van der Waals surface area contributed by atoms with E-state index in [1.807, 2.05) is 0 Å². The third-order valence-electron chi connectivity index (χ3n) is 12.3. The highest BCUT2D eigenvalue weighted by Gasteiger charge is 2.52. The number of nitrogens with zero attached hydrogens (tertiary/aromatic N) is 3. The van der Waals surface area contributed by atoms with Crippen molar-refractivity contribution in [3.05, 3.63) is 65.7 Å². The second-order valence-corrected chi connectivity index (χ2v) is 17.0. The second-order valence-electron chi connectivity index (χ2n) is 17.0. The Bertz CT molecular complexity index is 2240. The minimum atomic E-state index is -2.25. The quantitative estimate of drug-likeness (QED) is 0.0994. The number of ether oxygens (including phenoxy) is 1. The van der Waals surface area contributed by atoms with Gasteiger partial charge in [0.2, 0.25) is 35.4 Å². The molecule has 376 valence electrons. The molecular formula is C42H58N12O15. The molecule has 69 heavy (non-hydrogen) atoms. The Kier molecular flexibility index (Phi) is 16.9. The largest absolute Gasteiger partial charge is 0.508 e. The molecule has 15 atom stereocenters. The molecule has 27 nitrogen and oxygen atoms in total. The molecule has 0 aliphatic carbocycles. The van der Waals surface area contributed by atoms with E-state index in [0.717, 1.165) is 4.90 Å². The van der Waals surface area contributed by atoms with E-state index in [4.69, 9.17) is 16.2 Å². The van der Waals surface area contributed by atoms with Gasteiger partial charge < -0.3 is 99.2 Å². The zero-order valence-electron chi connectivity index (χ0n) is 37.0. The van der Waals surface area contributed by atoms with Crippen LogP contribution in [0.1, 0.15) is 24.0 Å². The fourth-order valence-corrected chi connectivity index (χ4v) is 8.34. The number of hydrogen-bond acceptors (Lipinski definition) is 21. The summed E-state index contributed by atoms with van der Waals surface area (Å²) in [5, 5.41) is 103. The summed E-state index contributed by atoms with van der Waals surface area (Å²) >= 11 is 0. The Balaban J connectivity index is 1.41. The third kappa shape index (κ3) is 11.9. The average molecular weight is 971 g/mol. The lowest BCUT2D eigenvalue weighted by Gasteiger charge is -2.46. The molecule has 2 fully saturated rings. The maximum Gasteiger partial charge on any atom is 0.246 e. The van der Waals surface area contributed by atoms with Gasteiger partial charge in [0.05, 0.1) is 44.9 Å². The fraction of sp³-hybridized carbons (Fsp3) is 0.524. The van der Waals surface area contributed by atoms with E-state index in [1.54, 1.807) is 37.3 Å². The molecule has 27 heteroatoms. The second kappa shape index (κ2) is 22.6.